The lowest BCUT2D eigenvalue weighted by atomic mass is 9.98. The molecule has 2 aromatic carbocycles. The van der Waals surface area contributed by atoms with Gasteiger partial charge in [0.2, 0.25) is 5.91 Å². The van der Waals surface area contributed by atoms with Crippen molar-refractivity contribution in [3.05, 3.63) is 64.3 Å². The summed E-state index contributed by atoms with van der Waals surface area (Å²) in [6.45, 7) is 7.07. The summed E-state index contributed by atoms with van der Waals surface area (Å²) in [5.74, 6) is 1.14. The van der Waals surface area contributed by atoms with Gasteiger partial charge in [0.25, 0.3) is 0 Å². The third-order valence-electron chi connectivity index (χ3n) is 6.33. The number of carbonyl (C=O) groups excluding carboxylic acids is 1. The fourth-order valence-electron chi connectivity index (χ4n) is 4.81. The van der Waals surface area contributed by atoms with E-state index in [0.29, 0.717) is 24.8 Å². The van der Waals surface area contributed by atoms with Gasteiger partial charge in [0.15, 0.2) is 0 Å². The molecule has 34 heavy (non-hydrogen) atoms. The molecule has 1 aliphatic rings. The zero-order chi connectivity index (χ0) is 23.8. The van der Waals surface area contributed by atoms with Crippen molar-refractivity contribution in [1.82, 2.24) is 19.8 Å². The van der Waals surface area contributed by atoms with E-state index in [2.05, 4.69) is 40.8 Å². The Morgan fingerprint density at radius 2 is 2.00 bits per heavy atom. The fourth-order valence-corrected chi connectivity index (χ4v) is 6.19. The van der Waals surface area contributed by atoms with Crippen LogP contribution in [0.1, 0.15) is 30.7 Å². The maximum Gasteiger partial charge on any atom is 0.237 e. The lowest BCUT2D eigenvalue weighted by Gasteiger charge is -2.42. The predicted octanol–water partition coefficient (Wildman–Crippen LogP) is 5.34. The van der Waals surface area contributed by atoms with Crippen molar-refractivity contribution in [3.63, 3.8) is 0 Å². The highest BCUT2D eigenvalue weighted by Crippen LogP contribution is 2.30. The van der Waals surface area contributed by atoms with Gasteiger partial charge in [-0.25, -0.2) is 9.97 Å². The van der Waals surface area contributed by atoms with Crippen LogP contribution >= 0.6 is 22.9 Å². The molecule has 1 aliphatic heterocycles. The monoisotopic (exact) mass is 493 g/mol. The number of nitrogens with zero attached hydrogens (tertiary/aromatic N) is 4. The van der Waals surface area contributed by atoms with E-state index < -0.39 is 0 Å². The summed E-state index contributed by atoms with van der Waals surface area (Å²) in [6.07, 6.45) is 2.45. The molecule has 3 heterocycles. The molecule has 176 valence electrons. The second-order valence-corrected chi connectivity index (χ2v) is 11.1. The molecule has 2 N–H and O–H groups in total. The molecule has 1 fully saturated rings. The first kappa shape index (κ1) is 23.0. The Morgan fingerprint density at radius 3 is 2.82 bits per heavy atom. The Kier molecular flexibility index (Phi) is 6.42. The van der Waals surface area contributed by atoms with Crippen molar-refractivity contribution in [2.45, 2.75) is 39.4 Å². The molecule has 8 heteroatoms. The van der Waals surface area contributed by atoms with E-state index in [9.17, 15) is 4.79 Å². The molecule has 0 aliphatic carbocycles. The predicted molar refractivity (Wildman–Crippen MR) is 140 cm³/mol. The standard InChI is InChI=1S/C26H28ClN5OS/c1-16(2)7-20-12-31(13-21-9-18-4-5-19(27)10-24(18)34-21)14-25(33)32(20)11-17-3-6-22-23(8-17)29-15-30-26(22)28/h3-6,8-10,15-16,20H,7,11-14H2,1-2H3,(H2,28,29,30)/t20-/m0/s1. The molecule has 4 aromatic rings. The van der Waals surface area contributed by atoms with Gasteiger partial charge in [-0.2, -0.15) is 0 Å². The van der Waals surface area contributed by atoms with Crippen LogP contribution in [0.3, 0.4) is 0 Å². The summed E-state index contributed by atoms with van der Waals surface area (Å²) in [5, 5.41) is 2.80. The van der Waals surface area contributed by atoms with E-state index >= 15 is 0 Å². The minimum absolute atomic E-state index is 0.163. The van der Waals surface area contributed by atoms with Crippen LogP contribution in [0.15, 0.2) is 48.8 Å². The van der Waals surface area contributed by atoms with Gasteiger partial charge >= 0.3 is 0 Å². The molecule has 2 aromatic heterocycles. The topological polar surface area (TPSA) is 75.4 Å². The van der Waals surface area contributed by atoms with E-state index in [4.69, 9.17) is 17.3 Å². The van der Waals surface area contributed by atoms with Crippen molar-refractivity contribution in [2.24, 2.45) is 5.92 Å². The highest BCUT2D eigenvalue weighted by Gasteiger charge is 2.33. The minimum Gasteiger partial charge on any atom is -0.383 e. The van der Waals surface area contributed by atoms with Gasteiger partial charge in [-0.3, -0.25) is 9.69 Å². The maximum absolute atomic E-state index is 13.4. The van der Waals surface area contributed by atoms with Crippen LogP contribution in [0, 0.1) is 5.92 Å². The highest BCUT2D eigenvalue weighted by atomic mass is 35.5. The van der Waals surface area contributed by atoms with E-state index in [1.807, 2.05) is 35.2 Å². The number of rotatable bonds is 6. The maximum atomic E-state index is 13.4. The van der Waals surface area contributed by atoms with Gasteiger partial charge < -0.3 is 10.6 Å². The third-order valence-corrected chi connectivity index (χ3v) is 7.65. The lowest BCUT2D eigenvalue weighted by molar-refractivity contribution is -0.141. The van der Waals surface area contributed by atoms with Crippen molar-refractivity contribution < 1.29 is 4.79 Å². The van der Waals surface area contributed by atoms with Gasteiger partial charge in [0.05, 0.1) is 12.1 Å². The summed E-state index contributed by atoms with van der Waals surface area (Å²) in [6, 6.07) is 14.4. The fraction of sp³-hybridized carbons (Fsp3) is 0.346. The Morgan fingerprint density at radius 1 is 1.15 bits per heavy atom. The molecule has 0 unspecified atom stereocenters. The number of nitrogens with two attached hydrogens (primary N) is 1. The molecule has 1 amide bonds. The summed E-state index contributed by atoms with van der Waals surface area (Å²) in [5.41, 5.74) is 7.84. The first-order valence-electron chi connectivity index (χ1n) is 11.5. The minimum atomic E-state index is 0.163. The molecule has 0 saturated carbocycles. The summed E-state index contributed by atoms with van der Waals surface area (Å²) < 4.78 is 1.19. The van der Waals surface area contributed by atoms with Crippen LogP contribution in [0.2, 0.25) is 5.02 Å². The zero-order valence-corrected chi connectivity index (χ0v) is 20.9. The SMILES string of the molecule is CC(C)C[C@H]1CN(Cc2cc3ccc(Cl)cc3s2)CC(=O)N1Cc1ccc2c(N)ncnc2c1. The molecule has 0 radical (unpaired) electrons. The molecular formula is C26H28ClN5OS. The van der Waals surface area contributed by atoms with Crippen LogP contribution in [0.25, 0.3) is 21.0 Å². The zero-order valence-electron chi connectivity index (χ0n) is 19.4. The molecule has 0 bridgehead atoms. The van der Waals surface area contributed by atoms with Crippen LogP contribution in [-0.2, 0) is 17.9 Å². The molecule has 6 nitrogen and oxygen atoms in total. The van der Waals surface area contributed by atoms with Crippen molar-refractivity contribution >= 4 is 55.7 Å². The number of hydrogen-bond donors (Lipinski definition) is 1. The number of fused-ring (bicyclic) bond motifs is 2. The van der Waals surface area contributed by atoms with Crippen LogP contribution in [0.4, 0.5) is 5.82 Å². The van der Waals surface area contributed by atoms with Crippen LogP contribution < -0.4 is 5.73 Å². The Bertz CT molecular complexity index is 1350. The van der Waals surface area contributed by atoms with Crippen molar-refractivity contribution in [1.29, 1.82) is 0 Å². The number of piperazine rings is 1. The quantitative estimate of drug-likeness (QED) is 0.392. The first-order valence-corrected chi connectivity index (χ1v) is 12.7. The number of hydrogen-bond acceptors (Lipinski definition) is 6. The van der Waals surface area contributed by atoms with Crippen LogP contribution in [-0.4, -0.2) is 44.8 Å². The van der Waals surface area contributed by atoms with E-state index in [1.54, 1.807) is 11.3 Å². The van der Waals surface area contributed by atoms with Crippen molar-refractivity contribution in [3.8, 4) is 0 Å². The van der Waals surface area contributed by atoms with E-state index in [0.717, 1.165) is 41.0 Å². The number of thiophene rings is 1. The Balaban J connectivity index is 1.35. The molecular weight excluding hydrogens is 466 g/mol. The molecule has 1 atom stereocenters. The number of aromatic nitrogens is 2. The molecule has 0 spiro atoms. The van der Waals surface area contributed by atoms with Gasteiger partial charge in [0, 0.05) is 45.7 Å². The number of anilines is 1. The van der Waals surface area contributed by atoms with Gasteiger partial charge in [-0.15, -0.1) is 11.3 Å². The number of halogens is 1. The van der Waals surface area contributed by atoms with Gasteiger partial charge in [0.1, 0.15) is 12.1 Å². The van der Waals surface area contributed by atoms with Gasteiger partial charge in [-0.1, -0.05) is 37.6 Å². The second kappa shape index (κ2) is 9.49. The average Bonchev–Trinajstić information content (AvgIpc) is 3.17. The smallest absolute Gasteiger partial charge is 0.237 e. The highest BCUT2D eigenvalue weighted by molar-refractivity contribution is 7.19. The largest absolute Gasteiger partial charge is 0.383 e. The second-order valence-electron chi connectivity index (χ2n) is 9.48. The molecule has 1 saturated heterocycles. The number of amides is 1. The van der Waals surface area contributed by atoms with Crippen LogP contribution in [0.5, 0.6) is 0 Å². The van der Waals surface area contributed by atoms with Gasteiger partial charge in [-0.05, 0) is 53.6 Å². The number of benzene rings is 2. The lowest BCUT2D eigenvalue weighted by Crippen LogP contribution is -2.55. The van der Waals surface area contributed by atoms with E-state index in [1.165, 1.54) is 21.3 Å². The third kappa shape index (κ3) is 4.87. The average molecular weight is 494 g/mol. The molecule has 5 rings (SSSR count). The summed E-state index contributed by atoms with van der Waals surface area (Å²) in [4.78, 5) is 27.4. The van der Waals surface area contributed by atoms with E-state index in [-0.39, 0.29) is 11.9 Å². The first-order chi connectivity index (χ1) is 16.4. The number of carbonyl (C=O) groups is 1. The van der Waals surface area contributed by atoms with Crippen molar-refractivity contribution in [2.75, 3.05) is 18.8 Å². The number of nitrogen functional groups attached to an aromatic ring is 1. The normalized spacial score (nSPS) is 17.4. The summed E-state index contributed by atoms with van der Waals surface area (Å²) in [7, 11) is 0. The summed E-state index contributed by atoms with van der Waals surface area (Å²) >= 11 is 7.92. The Labute approximate surface area is 208 Å². The Hall–Kier alpha value is -2.74.